The van der Waals surface area contributed by atoms with Gasteiger partial charge in [0, 0.05) is 33.4 Å². The molecule has 1 heterocycles. The molecule has 0 N–H and O–H groups in total. The molecule has 63 heavy (non-hydrogen) atoms. The van der Waals surface area contributed by atoms with Gasteiger partial charge in [0.15, 0.2) is 0 Å². The van der Waals surface area contributed by atoms with Gasteiger partial charge in [-0.05, 0) is 143 Å². The SMILES string of the molecule is CCCCC/C=C\C/C=C\CCCCCCCCOCC(CN1CCC(OC)C1)OCCOCCO[C@H]1CC[C@@]2(C)C(=CC[C@H]3[C@@H]4CC[C@H]([C@H](C)CCCC(C)C)[C@@]4(C)CC[C@@H]32)C1. The van der Waals surface area contributed by atoms with Gasteiger partial charge in [0.1, 0.15) is 0 Å². The van der Waals surface area contributed by atoms with E-state index in [1.54, 1.807) is 5.57 Å². The van der Waals surface area contributed by atoms with Crippen molar-refractivity contribution in [1.82, 2.24) is 4.90 Å². The van der Waals surface area contributed by atoms with Gasteiger partial charge in [-0.25, -0.2) is 0 Å². The lowest BCUT2D eigenvalue weighted by molar-refractivity contribution is -0.0732. The molecule has 364 valence electrons. The van der Waals surface area contributed by atoms with Crippen LogP contribution in [0, 0.1) is 46.3 Å². The van der Waals surface area contributed by atoms with E-state index in [0.717, 1.165) is 87.4 Å². The highest BCUT2D eigenvalue weighted by Crippen LogP contribution is 2.67. The molecule has 1 aliphatic heterocycles. The van der Waals surface area contributed by atoms with Crippen LogP contribution in [-0.4, -0.2) is 89.6 Å². The van der Waals surface area contributed by atoms with E-state index in [0.29, 0.717) is 56.1 Å². The number of unbranched alkanes of at least 4 members (excludes halogenated alkanes) is 9. The minimum atomic E-state index is 0.0566. The van der Waals surface area contributed by atoms with Gasteiger partial charge >= 0.3 is 0 Å². The zero-order valence-corrected chi connectivity index (χ0v) is 42.4. The minimum absolute atomic E-state index is 0.0566. The van der Waals surface area contributed by atoms with E-state index in [2.05, 4.69) is 76.8 Å². The maximum atomic E-state index is 6.52. The van der Waals surface area contributed by atoms with Crippen molar-refractivity contribution in [2.24, 2.45) is 46.3 Å². The molecule has 4 fully saturated rings. The van der Waals surface area contributed by atoms with Crippen LogP contribution in [0.2, 0.25) is 0 Å². The zero-order chi connectivity index (χ0) is 44.8. The number of fused-ring (bicyclic) bond motifs is 5. The molecule has 0 aromatic rings. The molecule has 0 aromatic carbocycles. The quantitative estimate of drug-likeness (QED) is 0.0483. The second kappa shape index (κ2) is 29.0. The summed E-state index contributed by atoms with van der Waals surface area (Å²) in [5.74, 6) is 5.34. The summed E-state index contributed by atoms with van der Waals surface area (Å²) in [4.78, 5) is 2.47. The molecule has 1 saturated heterocycles. The molecule has 0 bridgehead atoms. The Labute approximate surface area is 389 Å². The fourth-order valence-electron chi connectivity index (χ4n) is 13.4. The number of methoxy groups -OCH3 is 1. The summed E-state index contributed by atoms with van der Waals surface area (Å²) in [6.45, 7) is 21.9. The van der Waals surface area contributed by atoms with Crippen LogP contribution in [0.15, 0.2) is 36.0 Å². The molecule has 0 aromatic heterocycles. The third kappa shape index (κ3) is 16.9. The minimum Gasteiger partial charge on any atom is -0.380 e. The van der Waals surface area contributed by atoms with E-state index in [1.807, 2.05) is 7.11 Å². The van der Waals surface area contributed by atoms with Crippen LogP contribution >= 0.6 is 0 Å². The van der Waals surface area contributed by atoms with E-state index in [4.69, 9.17) is 23.7 Å². The molecule has 0 spiro atoms. The lowest BCUT2D eigenvalue weighted by Crippen LogP contribution is -2.51. The fourth-order valence-corrected chi connectivity index (χ4v) is 13.4. The van der Waals surface area contributed by atoms with E-state index >= 15 is 0 Å². The van der Waals surface area contributed by atoms with Crippen molar-refractivity contribution in [3.8, 4) is 0 Å². The van der Waals surface area contributed by atoms with Crippen LogP contribution in [0.1, 0.15) is 196 Å². The lowest BCUT2D eigenvalue weighted by atomic mass is 9.47. The molecule has 5 aliphatic rings. The molecule has 4 aliphatic carbocycles. The Balaban J connectivity index is 0.921. The van der Waals surface area contributed by atoms with Gasteiger partial charge in [0.25, 0.3) is 0 Å². The Morgan fingerprint density at radius 3 is 2.25 bits per heavy atom. The second-order valence-electron chi connectivity index (χ2n) is 22.2. The van der Waals surface area contributed by atoms with Crippen molar-refractivity contribution < 1.29 is 23.7 Å². The standard InChI is InChI=1S/C57H101NO5/c1-8-9-10-11-12-13-14-15-16-17-18-19-20-21-22-23-37-61-45-51(44-58-36-33-50(43-58)59-7)63-41-39-60-38-40-62-49-31-34-56(5)48(42-49)27-28-52-54-30-29-53(47(4)26-24-25-46(2)3)57(54,6)35-32-55(52)56/h12-13,15-16,27,46-47,49-55H,8-11,14,17-26,28-45H2,1-7H3/b13-12-,16-15-/t47-,49+,50?,51?,52+,53-,54+,55+,56+,57-/m1/s1. The van der Waals surface area contributed by atoms with Crippen molar-refractivity contribution in [1.29, 1.82) is 0 Å². The first-order valence-electron chi connectivity index (χ1n) is 27.3. The smallest absolute Gasteiger partial charge is 0.0936 e. The molecule has 5 rings (SSSR count). The third-order valence-electron chi connectivity index (χ3n) is 17.2. The topological polar surface area (TPSA) is 49.4 Å². The fraction of sp³-hybridized carbons (Fsp3) is 0.895. The molecule has 6 nitrogen and oxygen atoms in total. The highest BCUT2D eigenvalue weighted by Gasteiger charge is 2.59. The molecule has 0 radical (unpaired) electrons. The molecular formula is C57H101NO5. The van der Waals surface area contributed by atoms with Crippen LogP contribution in [0.3, 0.4) is 0 Å². The van der Waals surface area contributed by atoms with Crippen LogP contribution < -0.4 is 0 Å². The number of hydrogen-bond donors (Lipinski definition) is 0. The average Bonchev–Trinajstić information content (AvgIpc) is 3.89. The van der Waals surface area contributed by atoms with E-state index in [9.17, 15) is 0 Å². The summed E-state index contributed by atoms with van der Waals surface area (Å²) in [5.41, 5.74) is 2.66. The van der Waals surface area contributed by atoms with Crippen LogP contribution in [0.4, 0.5) is 0 Å². The Bertz CT molecular complexity index is 1310. The first-order valence-corrected chi connectivity index (χ1v) is 27.3. The van der Waals surface area contributed by atoms with Crippen molar-refractivity contribution >= 4 is 0 Å². The van der Waals surface area contributed by atoms with Gasteiger partial charge in [-0.3, -0.25) is 4.90 Å². The molecule has 3 saturated carbocycles. The average molecular weight is 880 g/mol. The van der Waals surface area contributed by atoms with Gasteiger partial charge in [-0.2, -0.15) is 0 Å². The van der Waals surface area contributed by atoms with E-state index in [-0.39, 0.29) is 6.10 Å². The number of ether oxygens (including phenoxy) is 5. The maximum Gasteiger partial charge on any atom is 0.0936 e. The van der Waals surface area contributed by atoms with Crippen LogP contribution in [0.25, 0.3) is 0 Å². The van der Waals surface area contributed by atoms with Gasteiger partial charge in [0.2, 0.25) is 0 Å². The van der Waals surface area contributed by atoms with Crippen molar-refractivity contribution in [2.75, 3.05) is 66.4 Å². The molecule has 6 heteroatoms. The first kappa shape index (κ1) is 52.9. The largest absolute Gasteiger partial charge is 0.380 e. The Morgan fingerprint density at radius 2 is 1.49 bits per heavy atom. The van der Waals surface area contributed by atoms with Gasteiger partial charge in [-0.15, -0.1) is 0 Å². The number of hydrogen-bond acceptors (Lipinski definition) is 6. The van der Waals surface area contributed by atoms with E-state index in [1.165, 1.54) is 128 Å². The molecule has 10 atom stereocenters. The van der Waals surface area contributed by atoms with Crippen molar-refractivity contribution in [3.63, 3.8) is 0 Å². The third-order valence-corrected chi connectivity index (χ3v) is 17.2. The van der Waals surface area contributed by atoms with Gasteiger partial charge in [0.05, 0.1) is 51.3 Å². The first-order chi connectivity index (χ1) is 30.7. The Hall–Kier alpha value is -1.02. The second-order valence-corrected chi connectivity index (χ2v) is 22.2. The highest BCUT2D eigenvalue weighted by atomic mass is 16.6. The zero-order valence-electron chi connectivity index (χ0n) is 42.4. The predicted octanol–water partition coefficient (Wildman–Crippen LogP) is 14.4. The highest BCUT2D eigenvalue weighted by molar-refractivity contribution is 5.25. The predicted molar refractivity (Wildman–Crippen MR) is 265 cm³/mol. The van der Waals surface area contributed by atoms with E-state index < -0.39 is 0 Å². The summed E-state index contributed by atoms with van der Waals surface area (Å²) in [5, 5.41) is 0. The summed E-state index contributed by atoms with van der Waals surface area (Å²) in [7, 11) is 1.83. The number of allylic oxidation sites excluding steroid dienone is 5. The summed E-state index contributed by atoms with van der Waals surface area (Å²) in [6.07, 6.45) is 44.1. The Morgan fingerprint density at radius 1 is 0.730 bits per heavy atom. The summed E-state index contributed by atoms with van der Waals surface area (Å²) >= 11 is 0. The monoisotopic (exact) mass is 880 g/mol. The van der Waals surface area contributed by atoms with Crippen molar-refractivity contribution in [2.45, 2.75) is 214 Å². The van der Waals surface area contributed by atoms with Gasteiger partial charge in [-0.1, -0.05) is 135 Å². The number of nitrogens with zero attached hydrogens (tertiary/aromatic N) is 1. The summed E-state index contributed by atoms with van der Waals surface area (Å²) < 4.78 is 30.8. The number of likely N-dealkylation sites (tertiary alicyclic amines) is 1. The van der Waals surface area contributed by atoms with Crippen LogP contribution in [0.5, 0.6) is 0 Å². The molecule has 2 unspecified atom stereocenters. The molecule has 0 amide bonds. The summed E-state index contributed by atoms with van der Waals surface area (Å²) in [6, 6.07) is 0. The Kier molecular flexibility index (Phi) is 24.4. The van der Waals surface area contributed by atoms with Crippen molar-refractivity contribution in [3.05, 3.63) is 36.0 Å². The number of rotatable bonds is 33. The maximum absolute atomic E-state index is 6.52. The van der Waals surface area contributed by atoms with Crippen LogP contribution in [-0.2, 0) is 23.7 Å². The molecular weight excluding hydrogens is 779 g/mol. The van der Waals surface area contributed by atoms with Gasteiger partial charge < -0.3 is 23.7 Å². The lowest BCUT2D eigenvalue weighted by Gasteiger charge is -2.58. The normalized spacial score (nSPS) is 30.9.